The number of carbonyl (C=O) groups excluding carboxylic acids is 1. The number of nitrogens with one attached hydrogen (secondary N) is 1. The highest BCUT2D eigenvalue weighted by Crippen LogP contribution is 2.21. The van der Waals surface area contributed by atoms with Crippen molar-refractivity contribution in [3.63, 3.8) is 0 Å². The first kappa shape index (κ1) is 15.0. The van der Waals surface area contributed by atoms with E-state index in [1.807, 2.05) is 6.92 Å². The van der Waals surface area contributed by atoms with E-state index in [0.717, 1.165) is 5.56 Å². The number of aromatic nitrogens is 1. The van der Waals surface area contributed by atoms with Gasteiger partial charge in [-0.2, -0.15) is 0 Å². The van der Waals surface area contributed by atoms with Crippen molar-refractivity contribution in [1.29, 1.82) is 0 Å². The van der Waals surface area contributed by atoms with Gasteiger partial charge in [-0.25, -0.2) is 4.98 Å². The number of nitrogens with zero attached hydrogens (tertiary/aromatic N) is 1. The average molecular weight is 305 g/mol. The van der Waals surface area contributed by atoms with Gasteiger partial charge >= 0.3 is 5.97 Å². The second-order valence-corrected chi connectivity index (χ2v) is 5.54. The summed E-state index contributed by atoms with van der Waals surface area (Å²) in [6.45, 7) is 1.85. The number of amides is 1. The monoisotopic (exact) mass is 305 g/mol. The number of thiazole rings is 1. The second kappa shape index (κ2) is 6.36. The number of carboxylic acid groups (broad SMARTS) is 1. The quantitative estimate of drug-likeness (QED) is 0.787. The molecule has 1 atom stereocenters. The third kappa shape index (κ3) is 4.03. The minimum absolute atomic E-state index is 0.0732. The van der Waals surface area contributed by atoms with Crippen LogP contribution in [-0.2, 0) is 4.79 Å². The Kier molecular flexibility index (Phi) is 4.54. The van der Waals surface area contributed by atoms with Crippen molar-refractivity contribution in [3.8, 4) is 0 Å². The molecule has 2 aromatic rings. The van der Waals surface area contributed by atoms with E-state index in [-0.39, 0.29) is 23.9 Å². The molecule has 7 heteroatoms. The molecule has 0 spiro atoms. The van der Waals surface area contributed by atoms with Gasteiger partial charge in [0.05, 0.1) is 6.42 Å². The fraction of sp³-hybridized carbons (Fsp3) is 0.214. The Balaban J connectivity index is 2.02. The van der Waals surface area contributed by atoms with Gasteiger partial charge in [0.2, 0.25) is 0 Å². The fourth-order valence-corrected chi connectivity index (χ4v) is 2.40. The number of carboxylic acids is 1. The zero-order valence-electron chi connectivity index (χ0n) is 11.4. The summed E-state index contributed by atoms with van der Waals surface area (Å²) < 4.78 is 0. The summed E-state index contributed by atoms with van der Waals surface area (Å²) in [6.07, 6.45) is 0.0732. The van der Waals surface area contributed by atoms with Crippen LogP contribution in [0.15, 0.2) is 29.6 Å². The molecule has 21 heavy (non-hydrogen) atoms. The van der Waals surface area contributed by atoms with E-state index in [0.29, 0.717) is 10.8 Å². The second-order valence-electron chi connectivity index (χ2n) is 4.65. The fourth-order valence-electron chi connectivity index (χ4n) is 1.86. The van der Waals surface area contributed by atoms with Crippen LogP contribution < -0.4 is 11.1 Å². The van der Waals surface area contributed by atoms with Crippen LogP contribution >= 0.6 is 11.3 Å². The number of nitrogens with two attached hydrogens (primary N) is 1. The van der Waals surface area contributed by atoms with Crippen LogP contribution in [0.4, 0.5) is 10.8 Å². The van der Waals surface area contributed by atoms with E-state index in [2.05, 4.69) is 10.3 Å². The van der Waals surface area contributed by atoms with Gasteiger partial charge in [0.1, 0.15) is 5.69 Å². The normalized spacial score (nSPS) is 11.9. The smallest absolute Gasteiger partial charge is 0.303 e. The molecule has 0 aliphatic rings. The molecule has 1 heterocycles. The maximum atomic E-state index is 11.9. The van der Waals surface area contributed by atoms with Gasteiger partial charge in [-0.1, -0.05) is 19.1 Å². The van der Waals surface area contributed by atoms with E-state index in [1.165, 1.54) is 11.3 Å². The predicted molar refractivity (Wildman–Crippen MR) is 81.6 cm³/mol. The van der Waals surface area contributed by atoms with E-state index >= 15 is 0 Å². The van der Waals surface area contributed by atoms with Crippen molar-refractivity contribution >= 4 is 34.0 Å². The van der Waals surface area contributed by atoms with Crippen molar-refractivity contribution in [2.45, 2.75) is 19.3 Å². The molecule has 1 aromatic heterocycles. The largest absolute Gasteiger partial charge is 0.481 e. The number of benzene rings is 1. The number of carbonyl (C=O) groups is 2. The molecular formula is C14H15N3O3S. The molecule has 6 nitrogen and oxygen atoms in total. The van der Waals surface area contributed by atoms with Crippen LogP contribution in [0.25, 0.3) is 0 Å². The van der Waals surface area contributed by atoms with Gasteiger partial charge in [0.25, 0.3) is 5.91 Å². The molecule has 2 rings (SSSR count). The summed E-state index contributed by atoms with van der Waals surface area (Å²) >= 11 is 1.21. The lowest BCUT2D eigenvalue weighted by Crippen LogP contribution is -2.12. The third-order valence-corrected chi connectivity index (χ3v) is 3.65. The summed E-state index contributed by atoms with van der Waals surface area (Å²) in [7, 11) is 0. The highest BCUT2D eigenvalue weighted by Gasteiger charge is 2.12. The molecule has 0 fully saturated rings. The number of nitrogen functional groups attached to an aromatic ring is 1. The number of hydrogen-bond donors (Lipinski definition) is 3. The number of aliphatic carboxylic acids is 1. The molecule has 0 radical (unpaired) electrons. The zero-order valence-corrected chi connectivity index (χ0v) is 12.2. The van der Waals surface area contributed by atoms with Crippen LogP contribution in [0.5, 0.6) is 0 Å². The van der Waals surface area contributed by atoms with Gasteiger partial charge in [0, 0.05) is 11.1 Å². The van der Waals surface area contributed by atoms with Crippen molar-refractivity contribution in [2.75, 3.05) is 11.1 Å². The molecule has 0 aliphatic heterocycles. The maximum absolute atomic E-state index is 11.9. The Bertz CT molecular complexity index is 652. The van der Waals surface area contributed by atoms with E-state index < -0.39 is 5.97 Å². The van der Waals surface area contributed by atoms with Crippen LogP contribution in [0.3, 0.4) is 0 Å². The molecule has 0 bridgehead atoms. The molecule has 0 aliphatic carbocycles. The molecule has 4 N–H and O–H groups in total. The summed E-state index contributed by atoms with van der Waals surface area (Å²) in [5.74, 6) is -1.24. The van der Waals surface area contributed by atoms with Crippen molar-refractivity contribution < 1.29 is 14.7 Å². The molecule has 1 aromatic carbocycles. The molecule has 1 unspecified atom stereocenters. The van der Waals surface area contributed by atoms with E-state index in [1.54, 1.807) is 29.6 Å². The number of anilines is 2. The summed E-state index contributed by atoms with van der Waals surface area (Å²) in [6, 6.07) is 7.08. The third-order valence-electron chi connectivity index (χ3n) is 2.97. The Morgan fingerprint density at radius 3 is 2.57 bits per heavy atom. The topological polar surface area (TPSA) is 105 Å². The average Bonchev–Trinajstić information content (AvgIpc) is 2.85. The van der Waals surface area contributed by atoms with E-state index in [9.17, 15) is 9.59 Å². The summed E-state index contributed by atoms with van der Waals surface area (Å²) in [5, 5.41) is 13.4. The highest BCUT2D eigenvalue weighted by molar-refractivity contribution is 7.13. The predicted octanol–water partition coefficient (Wildman–Crippen LogP) is 2.56. The van der Waals surface area contributed by atoms with Crippen LogP contribution in [0, 0.1) is 0 Å². The van der Waals surface area contributed by atoms with Gasteiger partial charge in [-0.3, -0.25) is 9.59 Å². The minimum atomic E-state index is -0.832. The Labute approximate surface area is 125 Å². The van der Waals surface area contributed by atoms with Crippen molar-refractivity contribution in [2.24, 2.45) is 0 Å². The number of rotatable bonds is 5. The van der Waals surface area contributed by atoms with Gasteiger partial charge in [0.15, 0.2) is 5.13 Å². The van der Waals surface area contributed by atoms with Gasteiger partial charge < -0.3 is 16.2 Å². The molecule has 0 saturated carbocycles. The van der Waals surface area contributed by atoms with Crippen LogP contribution in [0.2, 0.25) is 0 Å². The lowest BCUT2D eigenvalue weighted by molar-refractivity contribution is -0.137. The Hall–Kier alpha value is -2.41. The summed E-state index contributed by atoms with van der Waals surface area (Å²) in [5.41, 5.74) is 7.29. The molecule has 0 saturated heterocycles. The lowest BCUT2D eigenvalue weighted by Gasteiger charge is -2.10. The zero-order chi connectivity index (χ0) is 15.4. The maximum Gasteiger partial charge on any atom is 0.303 e. The van der Waals surface area contributed by atoms with Crippen molar-refractivity contribution in [3.05, 3.63) is 40.9 Å². The minimum Gasteiger partial charge on any atom is -0.481 e. The molecule has 1 amide bonds. The first-order valence-electron chi connectivity index (χ1n) is 6.30. The van der Waals surface area contributed by atoms with Gasteiger partial charge in [-0.05, 0) is 23.6 Å². The first-order valence-corrected chi connectivity index (χ1v) is 7.18. The Morgan fingerprint density at radius 1 is 1.38 bits per heavy atom. The van der Waals surface area contributed by atoms with Crippen LogP contribution in [-0.4, -0.2) is 22.0 Å². The molecule has 110 valence electrons. The number of hydrogen-bond acceptors (Lipinski definition) is 5. The standard InChI is InChI=1S/C14H15N3O3S/c1-8(6-12(18)19)9-2-4-10(5-3-9)16-13(20)11-7-21-14(15)17-11/h2-5,7-8H,6H2,1H3,(H2,15,17)(H,16,20)(H,18,19). The Morgan fingerprint density at radius 2 is 2.05 bits per heavy atom. The lowest BCUT2D eigenvalue weighted by atomic mass is 9.98. The van der Waals surface area contributed by atoms with Crippen molar-refractivity contribution in [1.82, 2.24) is 4.98 Å². The highest BCUT2D eigenvalue weighted by atomic mass is 32.1. The van der Waals surface area contributed by atoms with Crippen LogP contribution in [0.1, 0.15) is 35.3 Å². The molecular weight excluding hydrogens is 290 g/mol. The van der Waals surface area contributed by atoms with Gasteiger partial charge in [-0.15, -0.1) is 11.3 Å². The summed E-state index contributed by atoms with van der Waals surface area (Å²) in [4.78, 5) is 26.5. The van der Waals surface area contributed by atoms with E-state index in [4.69, 9.17) is 10.8 Å². The first-order chi connectivity index (χ1) is 9.95. The SMILES string of the molecule is CC(CC(=O)O)c1ccc(NC(=O)c2csc(N)n2)cc1.